The van der Waals surface area contributed by atoms with E-state index in [1.807, 2.05) is 42.5 Å². The van der Waals surface area contributed by atoms with Gasteiger partial charge in [0, 0.05) is 56.8 Å². The van der Waals surface area contributed by atoms with Gasteiger partial charge in [0.25, 0.3) is 5.97 Å². The van der Waals surface area contributed by atoms with E-state index in [0.29, 0.717) is 40.5 Å². The van der Waals surface area contributed by atoms with E-state index in [4.69, 9.17) is 24.1 Å². The normalized spacial score (nSPS) is 13.3. The number of aromatic nitrogens is 3. The van der Waals surface area contributed by atoms with Gasteiger partial charge >= 0.3 is 6.03 Å². The Morgan fingerprint density at radius 2 is 1.67 bits per heavy atom. The molecule has 0 radical (unpaired) electrons. The Morgan fingerprint density at radius 1 is 0.918 bits per heavy atom. The van der Waals surface area contributed by atoms with Gasteiger partial charge in [-0.2, -0.15) is 0 Å². The van der Waals surface area contributed by atoms with Gasteiger partial charge in [0.05, 0.1) is 42.2 Å². The van der Waals surface area contributed by atoms with Crippen LogP contribution in [0, 0.1) is 0 Å². The van der Waals surface area contributed by atoms with E-state index in [0.717, 1.165) is 72.9 Å². The molecule has 0 spiro atoms. The number of carbonyl (C=O) groups excluding carboxylic acids is 1. The van der Waals surface area contributed by atoms with E-state index < -0.39 is 12.0 Å². The van der Waals surface area contributed by atoms with Crippen LogP contribution in [0.4, 0.5) is 27.1 Å². The van der Waals surface area contributed by atoms with Crippen LogP contribution in [0.1, 0.15) is 13.3 Å². The maximum absolute atomic E-state index is 12.6. The first-order valence-electron chi connectivity index (χ1n) is 15.7. The average Bonchev–Trinajstić information content (AvgIpc) is 3.48. The van der Waals surface area contributed by atoms with Crippen molar-refractivity contribution in [1.29, 1.82) is 0 Å². The molecule has 0 bridgehead atoms. The average molecular weight is 689 g/mol. The number of hydrogen-bond donors (Lipinski definition) is 4. The fraction of sp³-hybridized carbons (Fsp3) is 0.324. The third-order valence-electron chi connectivity index (χ3n) is 7.62. The van der Waals surface area contributed by atoms with Crippen LogP contribution < -0.4 is 30.2 Å². The summed E-state index contributed by atoms with van der Waals surface area (Å²) < 4.78 is 18.0. The lowest BCUT2D eigenvalue weighted by atomic mass is 10.2. The molecule has 0 unspecified atom stereocenters. The summed E-state index contributed by atoms with van der Waals surface area (Å²) in [5, 5.41) is 17.7. The number of benzene rings is 3. The number of likely N-dealkylation sites (N-methyl/N-ethyl adjacent to an activating group) is 1. The molecule has 4 N–H and O–H groups in total. The molecule has 3 aromatic carbocycles. The molecule has 49 heavy (non-hydrogen) atoms. The summed E-state index contributed by atoms with van der Waals surface area (Å²) in [5.41, 5.74) is 2.90. The van der Waals surface area contributed by atoms with Crippen LogP contribution in [0.5, 0.6) is 17.2 Å². The largest absolute Gasteiger partial charge is 0.495 e. The highest BCUT2D eigenvalue weighted by atomic mass is 32.1. The standard InChI is InChI=1S/C32H36N8O4S.C2H4O2/c1-39-12-14-40(15-13-39)11-6-16-44-28-19-25-22(18-27(28)43-3)30(34-20-33-25)35-21-9-10-24-29(17-21)45-32(37-24)38-31(41)36-23-7-4-5-8-26(23)42-2;1-2(3)4/h4-5,7-10,17-20H,6,11-16H2,1-3H3,(H,33,34,35)(H2,36,37,38,41);1H3,(H,3,4). The highest BCUT2D eigenvalue weighted by Crippen LogP contribution is 2.36. The van der Waals surface area contributed by atoms with E-state index in [-0.39, 0.29) is 0 Å². The number of aliphatic carboxylic acids is 1. The number of hydrogen-bond acceptors (Lipinski definition) is 12. The topological polar surface area (TPSA) is 163 Å². The molecular formula is C34H40N8O6S. The minimum Gasteiger partial charge on any atom is -0.495 e. The maximum Gasteiger partial charge on any atom is 0.325 e. The van der Waals surface area contributed by atoms with Crippen LogP contribution in [0.3, 0.4) is 0 Å². The predicted octanol–water partition coefficient (Wildman–Crippen LogP) is 5.75. The molecule has 0 aliphatic carbocycles. The number of thiazole rings is 1. The van der Waals surface area contributed by atoms with Crippen LogP contribution in [0.2, 0.25) is 0 Å². The van der Waals surface area contributed by atoms with E-state index in [9.17, 15) is 4.79 Å². The van der Waals surface area contributed by atoms with Crippen LogP contribution in [0.15, 0.2) is 60.9 Å². The van der Waals surface area contributed by atoms with Crippen molar-refractivity contribution in [2.75, 3.05) is 76.5 Å². The fourth-order valence-electron chi connectivity index (χ4n) is 5.17. The van der Waals surface area contributed by atoms with Gasteiger partial charge in [-0.3, -0.25) is 10.1 Å². The smallest absolute Gasteiger partial charge is 0.325 e. The lowest BCUT2D eigenvalue weighted by Crippen LogP contribution is -2.44. The number of ether oxygens (including phenoxy) is 3. The second-order valence-corrected chi connectivity index (χ2v) is 12.2. The highest BCUT2D eigenvalue weighted by molar-refractivity contribution is 7.22. The third kappa shape index (κ3) is 9.65. The zero-order valence-corrected chi connectivity index (χ0v) is 28.7. The first kappa shape index (κ1) is 35.1. The van der Waals surface area contributed by atoms with Crippen molar-refractivity contribution in [3.8, 4) is 17.2 Å². The number of rotatable bonds is 11. The van der Waals surface area contributed by atoms with Crippen molar-refractivity contribution in [2.45, 2.75) is 13.3 Å². The fourth-order valence-corrected chi connectivity index (χ4v) is 6.07. The Kier molecular flexibility index (Phi) is 12.0. The van der Waals surface area contributed by atoms with Crippen molar-refractivity contribution in [2.24, 2.45) is 0 Å². The van der Waals surface area contributed by atoms with Gasteiger partial charge in [0.1, 0.15) is 17.9 Å². The van der Waals surface area contributed by atoms with Crippen LogP contribution >= 0.6 is 11.3 Å². The number of carboxylic acid groups (broad SMARTS) is 1. The summed E-state index contributed by atoms with van der Waals surface area (Å²) in [6.45, 7) is 7.10. The number of amides is 2. The summed E-state index contributed by atoms with van der Waals surface area (Å²) in [4.78, 5) is 40.0. The molecule has 1 saturated heterocycles. The number of nitrogens with zero attached hydrogens (tertiary/aromatic N) is 5. The summed E-state index contributed by atoms with van der Waals surface area (Å²) >= 11 is 1.37. The summed E-state index contributed by atoms with van der Waals surface area (Å²) in [6.07, 6.45) is 2.47. The lowest BCUT2D eigenvalue weighted by Gasteiger charge is -2.32. The van der Waals surface area contributed by atoms with Gasteiger partial charge in [-0.1, -0.05) is 23.5 Å². The number of urea groups is 1. The zero-order valence-electron chi connectivity index (χ0n) is 27.9. The molecule has 0 saturated carbocycles. The second-order valence-electron chi connectivity index (χ2n) is 11.2. The summed E-state index contributed by atoms with van der Waals surface area (Å²) in [6, 6.07) is 16.4. The number of para-hydroxylation sites is 2. The molecule has 0 atom stereocenters. The quantitative estimate of drug-likeness (QED) is 0.125. The molecule has 6 rings (SSSR count). The Bertz CT molecular complexity index is 1890. The summed E-state index contributed by atoms with van der Waals surface area (Å²) in [7, 11) is 5.36. The predicted molar refractivity (Wildman–Crippen MR) is 192 cm³/mol. The van der Waals surface area contributed by atoms with Crippen molar-refractivity contribution in [3.63, 3.8) is 0 Å². The van der Waals surface area contributed by atoms with E-state index in [1.54, 1.807) is 26.4 Å². The van der Waals surface area contributed by atoms with Crippen molar-refractivity contribution in [3.05, 3.63) is 60.9 Å². The van der Waals surface area contributed by atoms with Gasteiger partial charge in [-0.25, -0.2) is 19.7 Å². The van der Waals surface area contributed by atoms with E-state index in [2.05, 4.69) is 47.7 Å². The number of carbonyl (C=O) groups is 2. The molecule has 258 valence electrons. The van der Waals surface area contributed by atoms with Crippen LogP contribution in [0.25, 0.3) is 21.1 Å². The molecule has 1 fully saturated rings. The Labute approximate surface area is 288 Å². The Hall–Kier alpha value is -5.25. The van der Waals surface area contributed by atoms with E-state index in [1.165, 1.54) is 17.7 Å². The number of anilines is 4. The molecule has 3 heterocycles. The van der Waals surface area contributed by atoms with Crippen LogP contribution in [-0.2, 0) is 4.79 Å². The van der Waals surface area contributed by atoms with Crippen molar-refractivity contribution < 1.29 is 28.9 Å². The number of nitrogens with one attached hydrogen (secondary N) is 3. The molecular weight excluding hydrogens is 648 g/mol. The molecule has 2 amide bonds. The number of methoxy groups -OCH3 is 2. The molecule has 15 heteroatoms. The highest BCUT2D eigenvalue weighted by Gasteiger charge is 2.16. The SMILES string of the molecule is CC(=O)O.COc1ccccc1NC(=O)Nc1nc2ccc(Nc3ncnc4cc(OCCCN5CCN(C)CC5)c(OC)cc34)cc2s1. The zero-order chi connectivity index (χ0) is 34.8. The van der Waals surface area contributed by atoms with Gasteiger partial charge in [-0.15, -0.1) is 0 Å². The first-order valence-corrected chi connectivity index (χ1v) is 16.5. The van der Waals surface area contributed by atoms with Crippen LogP contribution in [-0.4, -0.2) is 102 Å². The van der Waals surface area contributed by atoms with Gasteiger partial charge in [0.15, 0.2) is 16.6 Å². The molecule has 1 aliphatic rings. The second kappa shape index (κ2) is 16.7. The van der Waals surface area contributed by atoms with Gasteiger partial charge in [-0.05, 0) is 49.9 Å². The minimum absolute atomic E-state index is 0.406. The van der Waals surface area contributed by atoms with Crippen molar-refractivity contribution >= 4 is 66.8 Å². The molecule has 5 aromatic rings. The monoisotopic (exact) mass is 688 g/mol. The molecule has 2 aromatic heterocycles. The number of piperazine rings is 1. The molecule has 14 nitrogen and oxygen atoms in total. The lowest BCUT2D eigenvalue weighted by molar-refractivity contribution is -0.134. The van der Waals surface area contributed by atoms with Crippen molar-refractivity contribution in [1.82, 2.24) is 24.8 Å². The minimum atomic E-state index is -0.833. The number of fused-ring (bicyclic) bond motifs is 2. The van der Waals surface area contributed by atoms with Gasteiger partial charge in [0.2, 0.25) is 0 Å². The molecule has 1 aliphatic heterocycles. The maximum atomic E-state index is 12.6. The Morgan fingerprint density at radius 3 is 2.43 bits per heavy atom. The third-order valence-corrected chi connectivity index (χ3v) is 8.55. The summed E-state index contributed by atoms with van der Waals surface area (Å²) in [5.74, 6) is 1.66. The first-order chi connectivity index (χ1) is 23.7. The van der Waals surface area contributed by atoms with E-state index >= 15 is 0 Å². The Balaban J connectivity index is 0.00000111. The van der Waals surface area contributed by atoms with Gasteiger partial charge < -0.3 is 39.8 Å². The number of carboxylic acids is 1.